The molecule has 30 heavy (non-hydrogen) atoms. The van der Waals surface area contributed by atoms with Crippen LogP contribution in [0.4, 0.5) is 11.6 Å². The number of carbonyl (C=O) groups excluding carboxylic acids is 2. The lowest BCUT2D eigenvalue weighted by Crippen LogP contribution is -2.18. The Morgan fingerprint density at radius 3 is 2.57 bits per heavy atom. The van der Waals surface area contributed by atoms with Gasteiger partial charge in [-0.1, -0.05) is 0 Å². The topological polar surface area (TPSA) is 137 Å². The lowest BCUT2D eigenvalue weighted by atomic mass is 10.3. The van der Waals surface area contributed by atoms with Crippen LogP contribution in [0.2, 0.25) is 0 Å². The van der Waals surface area contributed by atoms with Crippen molar-refractivity contribution in [2.75, 3.05) is 12.4 Å². The van der Waals surface area contributed by atoms with Gasteiger partial charge in [0.2, 0.25) is 5.91 Å². The Morgan fingerprint density at radius 2 is 1.90 bits per heavy atom. The second-order valence-electron chi connectivity index (χ2n) is 5.84. The molecule has 3 rings (SSSR count). The van der Waals surface area contributed by atoms with E-state index in [1.165, 1.54) is 43.6 Å². The molecule has 1 aromatic carbocycles. The fraction of sp³-hybridized carbons (Fsp3) is 0.0500. The van der Waals surface area contributed by atoms with Gasteiger partial charge in [-0.15, -0.1) is 0 Å². The van der Waals surface area contributed by atoms with Crippen molar-refractivity contribution in [1.29, 1.82) is 0 Å². The Balaban J connectivity index is 1.58. The van der Waals surface area contributed by atoms with Gasteiger partial charge in [-0.3, -0.25) is 24.7 Å². The quantitative estimate of drug-likeness (QED) is 0.347. The molecule has 0 fully saturated rings. The van der Waals surface area contributed by atoms with Crippen molar-refractivity contribution in [3.8, 4) is 11.5 Å². The third-order valence-corrected chi connectivity index (χ3v) is 3.74. The first-order valence-electron chi connectivity index (χ1n) is 8.64. The molecule has 2 aromatic heterocycles. The van der Waals surface area contributed by atoms with Crippen LogP contribution in [-0.2, 0) is 4.79 Å². The molecule has 2 N–H and O–H groups in total. The van der Waals surface area contributed by atoms with Crippen LogP contribution in [0.3, 0.4) is 0 Å². The molecule has 2 amide bonds. The SMILES string of the molecule is CNC(=O)c1cc(Oc2ccc(NC(=O)/C=C/c3ccc([N+](=O)[O-])o3)cc2)ccn1. The number of nitrogens with zero attached hydrogens (tertiary/aromatic N) is 2. The predicted octanol–water partition coefficient (Wildman–Crippen LogP) is 3.39. The number of hydrogen-bond donors (Lipinski definition) is 2. The molecule has 0 aliphatic heterocycles. The van der Waals surface area contributed by atoms with Crippen LogP contribution in [0.1, 0.15) is 16.2 Å². The molecule has 0 unspecified atom stereocenters. The summed E-state index contributed by atoms with van der Waals surface area (Å²) in [5.41, 5.74) is 0.746. The molecule has 0 aliphatic rings. The summed E-state index contributed by atoms with van der Waals surface area (Å²) >= 11 is 0. The fourth-order valence-electron chi connectivity index (χ4n) is 2.34. The summed E-state index contributed by atoms with van der Waals surface area (Å²) in [7, 11) is 1.51. The number of hydrogen-bond acceptors (Lipinski definition) is 7. The van der Waals surface area contributed by atoms with Crippen LogP contribution >= 0.6 is 0 Å². The number of carbonyl (C=O) groups is 2. The summed E-state index contributed by atoms with van der Waals surface area (Å²) in [5, 5.41) is 15.7. The largest absolute Gasteiger partial charge is 0.457 e. The number of benzene rings is 1. The summed E-state index contributed by atoms with van der Waals surface area (Å²) in [6, 6.07) is 12.3. The van der Waals surface area contributed by atoms with Crippen molar-refractivity contribution in [2.45, 2.75) is 0 Å². The average molecular weight is 408 g/mol. The molecule has 0 saturated heterocycles. The van der Waals surface area contributed by atoms with Gasteiger partial charge >= 0.3 is 5.88 Å². The highest BCUT2D eigenvalue weighted by Gasteiger charge is 2.10. The molecule has 10 heteroatoms. The van der Waals surface area contributed by atoms with Gasteiger partial charge in [-0.05, 0) is 42.5 Å². The maximum absolute atomic E-state index is 12.0. The number of amides is 2. The zero-order chi connectivity index (χ0) is 21.5. The van der Waals surface area contributed by atoms with E-state index in [1.807, 2.05) is 0 Å². The molecule has 0 saturated carbocycles. The van der Waals surface area contributed by atoms with E-state index in [0.717, 1.165) is 0 Å². The van der Waals surface area contributed by atoms with Gasteiger partial charge in [-0.2, -0.15) is 0 Å². The second-order valence-corrected chi connectivity index (χ2v) is 5.84. The average Bonchev–Trinajstić information content (AvgIpc) is 3.23. The first-order chi connectivity index (χ1) is 14.4. The van der Waals surface area contributed by atoms with Gasteiger partial charge in [-0.25, -0.2) is 0 Å². The summed E-state index contributed by atoms with van der Waals surface area (Å²) < 4.78 is 10.6. The summed E-state index contributed by atoms with van der Waals surface area (Å²) in [6.07, 6.45) is 3.99. The maximum Gasteiger partial charge on any atom is 0.433 e. The predicted molar refractivity (Wildman–Crippen MR) is 107 cm³/mol. The third kappa shape index (κ3) is 5.29. The highest BCUT2D eigenvalue weighted by Crippen LogP contribution is 2.23. The Morgan fingerprint density at radius 1 is 1.13 bits per heavy atom. The number of anilines is 1. The molecule has 0 spiro atoms. The molecule has 152 valence electrons. The van der Waals surface area contributed by atoms with Crippen LogP contribution < -0.4 is 15.4 Å². The normalized spacial score (nSPS) is 10.6. The van der Waals surface area contributed by atoms with E-state index in [9.17, 15) is 19.7 Å². The molecule has 0 atom stereocenters. The zero-order valence-corrected chi connectivity index (χ0v) is 15.7. The molecular formula is C20H16N4O6. The second kappa shape index (κ2) is 9.15. The number of ether oxygens (including phenoxy) is 1. The van der Waals surface area contributed by atoms with E-state index in [4.69, 9.17) is 9.15 Å². The first kappa shape index (κ1) is 20.3. The summed E-state index contributed by atoms with van der Waals surface area (Å²) in [4.78, 5) is 37.5. The number of pyridine rings is 1. The van der Waals surface area contributed by atoms with Crippen LogP contribution in [0, 0.1) is 10.1 Å². The molecule has 3 aromatic rings. The number of rotatable bonds is 7. The monoisotopic (exact) mass is 408 g/mol. The zero-order valence-electron chi connectivity index (χ0n) is 15.7. The lowest BCUT2D eigenvalue weighted by Gasteiger charge is -2.08. The Bertz CT molecular complexity index is 1100. The van der Waals surface area contributed by atoms with Crippen LogP contribution in [-0.4, -0.2) is 28.8 Å². The fourth-order valence-corrected chi connectivity index (χ4v) is 2.34. The molecule has 0 aliphatic carbocycles. The number of furan rings is 1. The summed E-state index contributed by atoms with van der Waals surface area (Å²) in [6.45, 7) is 0. The smallest absolute Gasteiger partial charge is 0.433 e. The molecule has 0 bridgehead atoms. The van der Waals surface area contributed by atoms with E-state index in [-0.39, 0.29) is 17.4 Å². The van der Waals surface area contributed by atoms with Gasteiger partial charge in [0.1, 0.15) is 27.9 Å². The van der Waals surface area contributed by atoms with Crippen LogP contribution in [0.25, 0.3) is 6.08 Å². The van der Waals surface area contributed by atoms with Gasteiger partial charge in [0.05, 0.1) is 6.07 Å². The van der Waals surface area contributed by atoms with E-state index < -0.39 is 16.7 Å². The van der Waals surface area contributed by atoms with E-state index >= 15 is 0 Å². The van der Waals surface area contributed by atoms with E-state index in [2.05, 4.69) is 15.6 Å². The number of aromatic nitrogens is 1. The molecule has 0 radical (unpaired) electrons. The van der Waals surface area contributed by atoms with Crippen LogP contribution in [0.15, 0.2) is 65.2 Å². The van der Waals surface area contributed by atoms with Crippen molar-refractivity contribution in [3.05, 3.63) is 82.4 Å². The van der Waals surface area contributed by atoms with Crippen molar-refractivity contribution < 1.29 is 23.7 Å². The number of nitro groups is 1. The maximum atomic E-state index is 12.0. The van der Waals surface area contributed by atoms with Gasteiger partial charge < -0.3 is 19.8 Å². The van der Waals surface area contributed by atoms with Crippen molar-refractivity contribution in [1.82, 2.24) is 10.3 Å². The minimum atomic E-state index is -0.660. The van der Waals surface area contributed by atoms with Crippen molar-refractivity contribution in [2.24, 2.45) is 0 Å². The van der Waals surface area contributed by atoms with E-state index in [0.29, 0.717) is 17.2 Å². The third-order valence-electron chi connectivity index (χ3n) is 3.74. The van der Waals surface area contributed by atoms with Crippen molar-refractivity contribution in [3.63, 3.8) is 0 Å². The Hall–Kier alpha value is -4.47. The highest BCUT2D eigenvalue weighted by molar-refractivity contribution is 6.01. The molecular weight excluding hydrogens is 392 g/mol. The standard InChI is InChI=1S/C20H16N4O6/c1-21-20(26)17-12-16(10-11-22-17)29-14-4-2-13(3-5-14)23-18(25)8-6-15-7-9-19(30-15)24(27)28/h2-12H,1H3,(H,21,26)(H,23,25)/b8-6+. The van der Waals surface area contributed by atoms with Gasteiger partial charge in [0, 0.05) is 31.1 Å². The molecule has 2 heterocycles. The van der Waals surface area contributed by atoms with Crippen LogP contribution in [0.5, 0.6) is 11.5 Å². The highest BCUT2D eigenvalue weighted by atomic mass is 16.6. The Labute approximate surface area is 170 Å². The molecule has 10 nitrogen and oxygen atoms in total. The van der Waals surface area contributed by atoms with Gasteiger partial charge in [0.25, 0.3) is 5.91 Å². The first-order valence-corrected chi connectivity index (χ1v) is 8.64. The van der Waals surface area contributed by atoms with Gasteiger partial charge in [0.15, 0.2) is 0 Å². The van der Waals surface area contributed by atoms with E-state index in [1.54, 1.807) is 30.3 Å². The lowest BCUT2D eigenvalue weighted by molar-refractivity contribution is -0.402. The minimum Gasteiger partial charge on any atom is -0.457 e. The summed E-state index contributed by atoms with van der Waals surface area (Å²) in [5.74, 6) is -0.0319. The minimum absolute atomic E-state index is 0.189. The van der Waals surface area contributed by atoms with Crippen molar-refractivity contribution >= 4 is 29.5 Å². The number of nitrogens with one attached hydrogen (secondary N) is 2. The Kier molecular flexibility index (Phi) is 6.18.